The van der Waals surface area contributed by atoms with Crippen LogP contribution in [0.25, 0.3) is 0 Å². The van der Waals surface area contributed by atoms with Gasteiger partial charge in [-0.2, -0.15) is 18.5 Å². The van der Waals surface area contributed by atoms with Crippen molar-refractivity contribution in [1.82, 2.24) is 14.5 Å². The molecular weight excluding hydrogens is 459 g/mol. The molecule has 4 N–H and O–H groups in total. The number of nitrogens with two attached hydrogens (primary N) is 1. The van der Waals surface area contributed by atoms with Crippen LogP contribution in [0.3, 0.4) is 0 Å². The predicted molar refractivity (Wildman–Crippen MR) is 101 cm³/mol. The van der Waals surface area contributed by atoms with E-state index in [2.05, 4.69) is 14.3 Å². The third-order valence-electron chi connectivity index (χ3n) is 5.06. The summed E-state index contributed by atoms with van der Waals surface area (Å²) in [5.41, 5.74) is 4.15. The highest BCUT2D eigenvalue weighted by molar-refractivity contribution is 7.51. The monoisotopic (exact) mass is 480 g/mol. The van der Waals surface area contributed by atoms with E-state index < -0.39 is 62.2 Å². The van der Waals surface area contributed by atoms with Crippen molar-refractivity contribution in [2.24, 2.45) is 4.76 Å². The number of amides is 1. The molecule has 32 heavy (non-hydrogen) atoms. The van der Waals surface area contributed by atoms with Crippen LogP contribution in [0.4, 0.5) is 14.6 Å². The predicted octanol–water partition coefficient (Wildman–Crippen LogP) is -1.39. The van der Waals surface area contributed by atoms with Gasteiger partial charge in [0.05, 0.1) is 12.6 Å². The number of hydrogen-bond donors (Lipinski definition) is 3. The number of rotatable bonds is 6. The first-order valence-electron chi connectivity index (χ1n) is 9.41. The van der Waals surface area contributed by atoms with Crippen LogP contribution in [0.5, 0.6) is 0 Å². The molecule has 0 aromatic carbocycles. The number of likely N-dealkylation sites (tertiary alicyclic amines) is 1. The molecule has 1 aromatic heterocycles. The molecule has 0 spiro atoms. The molecule has 3 heterocycles. The number of aliphatic hydroxyl groups is 1. The lowest BCUT2D eigenvalue weighted by atomic mass is 10.1. The summed E-state index contributed by atoms with van der Waals surface area (Å²) in [6.07, 6.45) is -5.01. The molecular formula is C16H21F2N5O8P-. The van der Waals surface area contributed by atoms with E-state index in [1.807, 2.05) is 0 Å². The zero-order chi connectivity index (χ0) is 23.8. The molecule has 0 saturated carbocycles. The van der Waals surface area contributed by atoms with E-state index in [1.54, 1.807) is 0 Å². The van der Waals surface area contributed by atoms with E-state index in [0.29, 0.717) is 11.0 Å². The van der Waals surface area contributed by atoms with E-state index in [9.17, 15) is 38.0 Å². The molecule has 2 aliphatic heterocycles. The number of nitrogen functional groups attached to an aromatic ring is 1. The van der Waals surface area contributed by atoms with Gasteiger partial charge in [0, 0.05) is 19.7 Å². The number of halogens is 2. The fourth-order valence-electron chi connectivity index (χ4n) is 3.50. The number of carbonyl (C=O) groups excluding carboxylic acids is 1. The molecule has 0 radical (unpaired) electrons. The number of anilines is 1. The minimum atomic E-state index is -4.98. The maximum absolute atomic E-state index is 14.5. The first kappa shape index (κ1) is 24.2. The van der Waals surface area contributed by atoms with Gasteiger partial charge in [0.2, 0.25) is 12.1 Å². The second-order valence-corrected chi connectivity index (χ2v) is 8.72. The Bertz CT molecular complexity index is 1020. The Morgan fingerprint density at radius 1 is 1.56 bits per heavy atom. The van der Waals surface area contributed by atoms with Gasteiger partial charge >= 0.3 is 19.4 Å². The molecule has 1 amide bonds. The van der Waals surface area contributed by atoms with Crippen LogP contribution in [0.2, 0.25) is 0 Å². The Balaban J connectivity index is 1.71. The highest BCUT2D eigenvalue weighted by atomic mass is 31.2. The van der Waals surface area contributed by atoms with Gasteiger partial charge in [-0.3, -0.25) is 13.9 Å². The number of aromatic nitrogens is 2. The standard InChI is InChI=1S/C16H22F2N5O8P/c1-8(24)22-5-2-3-9(22)13(26)21-32(28,29)30-7-10-12(25)16(17,18)14(31-10)23-6-4-11(19)20-15(23)27/h4,6,9-10,12,14,25H,2-3,5,7H2,1H3,(H2,19,20,27)(H2,21,26,28,29)/p-1/t9?,10-,12-,14-/m1/s1. The van der Waals surface area contributed by atoms with Crippen LogP contribution in [0.1, 0.15) is 26.0 Å². The summed E-state index contributed by atoms with van der Waals surface area (Å²) in [7, 11) is -4.98. The first-order valence-corrected chi connectivity index (χ1v) is 10.9. The van der Waals surface area contributed by atoms with E-state index >= 15 is 0 Å². The van der Waals surface area contributed by atoms with E-state index in [-0.39, 0.29) is 18.8 Å². The zero-order valence-electron chi connectivity index (χ0n) is 16.7. The number of ether oxygens (including phenoxy) is 1. The topological polar surface area (TPSA) is 193 Å². The fourth-order valence-corrected chi connectivity index (χ4v) is 4.28. The summed E-state index contributed by atoms with van der Waals surface area (Å²) in [6.45, 7) is 0.476. The Morgan fingerprint density at radius 3 is 2.88 bits per heavy atom. The van der Waals surface area contributed by atoms with Crippen molar-refractivity contribution in [3.63, 3.8) is 0 Å². The Labute approximate surface area is 179 Å². The third-order valence-corrected chi connectivity index (χ3v) is 5.99. The van der Waals surface area contributed by atoms with Crippen molar-refractivity contribution < 1.29 is 42.5 Å². The summed E-state index contributed by atoms with van der Waals surface area (Å²) >= 11 is 0. The van der Waals surface area contributed by atoms with Crippen molar-refractivity contribution in [3.05, 3.63) is 22.7 Å². The number of carbonyl (C=O) groups is 1. The number of nitrogens with zero attached hydrogens (tertiary/aromatic N) is 4. The van der Waals surface area contributed by atoms with Gasteiger partial charge in [-0.1, -0.05) is 0 Å². The van der Waals surface area contributed by atoms with Crippen molar-refractivity contribution in [3.8, 4) is 0 Å². The molecule has 1 aromatic rings. The van der Waals surface area contributed by atoms with Crippen LogP contribution >= 0.6 is 7.75 Å². The molecule has 13 nitrogen and oxygen atoms in total. The van der Waals surface area contributed by atoms with Gasteiger partial charge < -0.3 is 30.5 Å². The summed E-state index contributed by atoms with van der Waals surface area (Å²) < 4.78 is 54.2. The summed E-state index contributed by atoms with van der Waals surface area (Å²) in [6, 6.07) is 0.0417. The van der Waals surface area contributed by atoms with Gasteiger partial charge in [-0.15, -0.1) is 0 Å². The molecule has 16 heteroatoms. The molecule has 3 rings (SSSR count). The molecule has 2 fully saturated rings. The van der Waals surface area contributed by atoms with Crippen molar-refractivity contribution in [2.75, 3.05) is 18.9 Å². The quantitative estimate of drug-likeness (QED) is 0.248. The SMILES string of the molecule is CC(=O)N1CCCC1C([O-])=NP(=O)(O)OC[C@H]1O[C@@H](n2ccc(N)nc2=O)C(F)(F)[C@@H]1O. The number of aliphatic hydroxyl groups excluding tert-OH is 1. The lowest BCUT2D eigenvalue weighted by Crippen LogP contribution is -2.44. The van der Waals surface area contributed by atoms with Crippen molar-refractivity contribution in [2.45, 2.75) is 50.2 Å². The van der Waals surface area contributed by atoms with Crippen LogP contribution in [-0.2, 0) is 18.6 Å². The average molecular weight is 480 g/mol. The largest absolute Gasteiger partial charge is 0.860 e. The smallest absolute Gasteiger partial charge is 0.450 e. The van der Waals surface area contributed by atoms with Crippen LogP contribution < -0.4 is 16.5 Å². The third kappa shape index (κ3) is 4.81. The zero-order valence-corrected chi connectivity index (χ0v) is 17.6. The van der Waals surface area contributed by atoms with Crippen LogP contribution in [0, 0.1) is 0 Å². The first-order chi connectivity index (χ1) is 14.8. The van der Waals surface area contributed by atoms with Gasteiger partial charge in [0.1, 0.15) is 11.9 Å². The fraction of sp³-hybridized carbons (Fsp3) is 0.625. The highest BCUT2D eigenvalue weighted by Crippen LogP contribution is 2.47. The van der Waals surface area contributed by atoms with E-state index in [4.69, 9.17) is 10.5 Å². The number of alkyl halides is 2. The second-order valence-electron chi connectivity index (χ2n) is 7.28. The lowest BCUT2D eigenvalue weighted by Gasteiger charge is -2.28. The molecule has 2 aliphatic rings. The van der Waals surface area contributed by atoms with Gasteiger partial charge in [-0.05, 0) is 24.8 Å². The maximum Gasteiger partial charge on any atom is 0.450 e. The van der Waals surface area contributed by atoms with Crippen LogP contribution in [0.15, 0.2) is 21.8 Å². The summed E-state index contributed by atoms with van der Waals surface area (Å²) in [4.78, 5) is 37.7. The van der Waals surface area contributed by atoms with E-state index in [0.717, 1.165) is 12.3 Å². The van der Waals surface area contributed by atoms with Gasteiger partial charge in [0.25, 0.3) is 0 Å². The Kier molecular flexibility index (Phi) is 6.67. The average Bonchev–Trinajstić information content (AvgIpc) is 3.25. The molecule has 2 saturated heterocycles. The minimum absolute atomic E-state index is 0.217. The molecule has 5 atom stereocenters. The molecule has 2 unspecified atom stereocenters. The summed E-state index contributed by atoms with van der Waals surface area (Å²) in [5, 5.41) is 22.1. The maximum atomic E-state index is 14.5. The normalized spacial score (nSPS) is 29.8. The van der Waals surface area contributed by atoms with E-state index in [1.165, 1.54) is 11.8 Å². The van der Waals surface area contributed by atoms with Crippen LogP contribution in [-0.4, -0.2) is 73.6 Å². The highest BCUT2D eigenvalue weighted by Gasteiger charge is 2.60. The number of hydrogen-bond acceptors (Lipinski definition) is 9. The summed E-state index contributed by atoms with van der Waals surface area (Å²) in [5.74, 6) is -5.69. The van der Waals surface area contributed by atoms with Crippen molar-refractivity contribution >= 4 is 25.4 Å². The molecule has 0 bridgehead atoms. The Morgan fingerprint density at radius 2 is 2.25 bits per heavy atom. The molecule has 178 valence electrons. The minimum Gasteiger partial charge on any atom is -0.860 e. The lowest BCUT2D eigenvalue weighted by molar-refractivity contribution is -0.223. The second kappa shape index (κ2) is 8.83. The van der Waals surface area contributed by atoms with Crippen molar-refractivity contribution in [1.29, 1.82) is 0 Å². The molecule has 0 aliphatic carbocycles. The Hall–Kier alpha value is -2.45. The van der Waals surface area contributed by atoms with Gasteiger partial charge in [0.15, 0.2) is 6.10 Å². The van der Waals surface area contributed by atoms with Gasteiger partial charge in [-0.25, -0.2) is 9.36 Å².